The average molecular weight is 554 g/mol. The Labute approximate surface area is 200 Å². The third kappa shape index (κ3) is 7.35. The minimum atomic E-state index is -3.20. The Morgan fingerprint density at radius 1 is 1.06 bits per heavy atom. The second-order valence-electron chi connectivity index (χ2n) is 6.97. The lowest BCUT2D eigenvalue weighted by atomic mass is 10.1. The summed E-state index contributed by atoms with van der Waals surface area (Å²) in [7, 11) is -3.20. The first-order valence-corrected chi connectivity index (χ1v) is 11.6. The molecule has 0 aliphatic carbocycles. The highest BCUT2D eigenvalue weighted by Gasteiger charge is 2.08. The van der Waals surface area contributed by atoms with E-state index in [1.807, 2.05) is 38.1 Å². The Morgan fingerprint density at radius 3 is 2.35 bits per heavy atom. The molecule has 3 rings (SSSR count). The van der Waals surface area contributed by atoms with E-state index in [4.69, 9.17) is 4.42 Å². The van der Waals surface area contributed by atoms with Crippen molar-refractivity contribution in [2.75, 3.05) is 12.8 Å². The molecular weight excluding hydrogens is 527 g/mol. The lowest BCUT2D eigenvalue weighted by molar-refractivity contribution is 0.572. The quantitative estimate of drug-likeness (QED) is 0.261. The summed E-state index contributed by atoms with van der Waals surface area (Å²) in [6.45, 7) is 5.63. The highest BCUT2D eigenvalue weighted by molar-refractivity contribution is 14.0. The normalized spacial score (nSPS) is 11.6. The first kappa shape index (κ1) is 24.9. The molecule has 0 spiro atoms. The summed E-state index contributed by atoms with van der Waals surface area (Å²) < 4.78 is 28.7. The number of hydrogen-bond donors (Lipinski definition) is 2. The van der Waals surface area contributed by atoms with Crippen LogP contribution in [0.4, 0.5) is 0 Å². The van der Waals surface area contributed by atoms with Crippen LogP contribution in [-0.4, -0.2) is 32.2 Å². The molecule has 0 unspecified atom stereocenters. The second kappa shape index (κ2) is 11.3. The van der Waals surface area contributed by atoms with Gasteiger partial charge in [-0.25, -0.2) is 18.4 Å². The number of aryl methyl sites for hydroxylation is 1. The zero-order chi connectivity index (χ0) is 21.6. The second-order valence-corrected chi connectivity index (χ2v) is 8.99. The fourth-order valence-electron chi connectivity index (χ4n) is 2.75. The molecule has 3 aromatic rings. The van der Waals surface area contributed by atoms with E-state index >= 15 is 0 Å². The summed E-state index contributed by atoms with van der Waals surface area (Å²) in [4.78, 5) is 9.38. The van der Waals surface area contributed by atoms with E-state index in [1.54, 1.807) is 30.5 Å². The molecule has 7 nitrogen and oxygen atoms in total. The highest BCUT2D eigenvalue weighted by Crippen LogP contribution is 2.19. The number of aliphatic imine (C=N–C) groups is 1. The Morgan fingerprint density at radius 2 is 1.74 bits per heavy atom. The molecule has 166 valence electrons. The summed E-state index contributed by atoms with van der Waals surface area (Å²) in [5.74, 6) is 1.23. The number of guanidine groups is 1. The fourth-order valence-corrected chi connectivity index (χ4v) is 3.38. The van der Waals surface area contributed by atoms with E-state index in [0.29, 0.717) is 36.4 Å². The zero-order valence-corrected chi connectivity index (χ0v) is 20.9. The molecule has 31 heavy (non-hydrogen) atoms. The largest absolute Gasteiger partial charge is 0.444 e. The maximum atomic E-state index is 11.6. The van der Waals surface area contributed by atoms with Gasteiger partial charge in [-0.1, -0.05) is 29.8 Å². The number of benzene rings is 2. The van der Waals surface area contributed by atoms with Gasteiger partial charge in [0.1, 0.15) is 6.26 Å². The molecule has 0 saturated carbocycles. The number of nitrogens with zero attached hydrogens (tertiary/aromatic N) is 2. The molecule has 2 aromatic carbocycles. The molecule has 0 aliphatic heterocycles. The average Bonchev–Trinajstić information content (AvgIpc) is 3.19. The predicted octanol–water partition coefficient (Wildman–Crippen LogP) is 3.93. The minimum absolute atomic E-state index is 0. The molecule has 0 saturated heterocycles. The van der Waals surface area contributed by atoms with Crippen LogP contribution in [0.2, 0.25) is 0 Å². The van der Waals surface area contributed by atoms with Crippen LogP contribution in [0.25, 0.3) is 11.5 Å². The van der Waals surface area contributed by atoms with Gasteiger partial charge >= 0.3 is 0 Å². The number of hydrogen-bond acceptors (Lipinski definition) is 5. The van der Waals surface area contributed by atoms with Gasteiger partial charge in [0.2, 0.25) is 5.89 Å². The molecule has 0 amide bonds. The van der Waals surface area contributed by atoms with Crippen molar-refractivity contribution < 1.29 is 12.8 Å². The molecule has 2 N–H and O–H groups in total. The summed E-state index contributed by atoms with van der Waals surface area (Å²) in [6.07, 6.45) is 2.83. The van der Waals surface area contributed by atoms with Crippen molar-refractivity contribution in [1.82, 2.24) is 15.6 Å². The summed E-state index contributed by atoms with van der Waals surface area (Å²) in [5.41, 5.74) is 3.81. The van der Waals surface area contributed by atoms with Crippen LogP contribution in [0.5, 0.6) is 0 Å². The molecule has 1 aromatic heterocycles. The highest BCUT2D eigenvalue weighted by atomic mass is 127. The monoisotopic (exact) mass is 554 g/mol. The molecular formula is C22H27IN4O3S. The van der Waals surface area contributed by atoms with Gasteiger partial charge in [-0.15, -0.1) is 24.0 Å². The van der Waals surface area contributed by atoms with Gasteiger partial charge in [0.05, 0.1) is 23.7 Å². The van der Waals surface area contributed by atoms with Crippen LogP contribution in [0, 0.1) is 6.92 Å². The van der Waals surface area contributed by atoms with Crippen LogP contribution in [0.3, 0.4) is 0 Å². The molecule has 0 fully saturated rings. The van der Waals surface area contributed by atoms with Crippen LogP contribution >= 0.6 is 24.0 Å². The Kier molecular flexibility index (Phi) is 9.05. The Hall–Kier alpha value is -2.40. The molecule has 1 heterocycles. The Bertz CT molecular complexity index is 1110. The van der Waals surface area contributed by atoms with E-state index in [1.165, 1.54) is 11.8 Å². The van der Waals surface area contributed by atoms with Crippen molar-refractivity contribution in [2.45, 2.75) is 31.8 Å². The standard InChI is InChI=1S/C22H26N4O3S.HI/c1-4-23-22(24-13-17-7-11-20(12-8-17)30(3,27)28)25-14-19-15-29-21(26-19)18-9-5-16(2)6-10-18;/h5-12,15H,4,13-14H2,1-3H3,(H2,23,24,25);1H. The van der Waals surface area contributed by atoms with Gasteiger partial charge in [-0.2, -0.15) is 0 Å². The van der Waals surface area contributed by atoms with Gasteiger partial charge in [-0.3, -0.25) is 0 Å². The smallest absolute Gasteiger partial charge is 0.226 e. The third-order valence-electron chi connectivity index (χ3n) is 4.40. The number of rotatable bonds is 7. The number of oxazole rings is 1. The molecule has 0 atom stereocenters. The first-order chi connectivity index (χ1) is 14.3. The Balaban J connectivity index is 0.00000341. The SMILES string of the molecule is CCNC(=NCc1ccc(S(C)(=O)=O)cc1)NCc1coc(-c2ccc(C)cc2)n1.I. The van der Waals surface area contributed by atoms with Gasteiger partial charge in [0.15, 0.2) is 15.8 Å². The summed E-state index contributed by atoms with van der Waals surface area (Å²) in [6, 6.07) is 14.8. The number of aromatic nitrogens is 1. The van der Waals surface area contributed by atoms with Crippen molar-refractivity contribution in [3.63, 3.8) is 0 Å². The third-order valence-corrected chi connectivity index (χ3v) is 5.53. The molecule has 0 radical (unpaired) electrons. The zero-order valence-electron chi connectivity index (χ0n) is 17.8. The van der Waals surface area contributed by atoms with E-state index in [9.17, 15) is 8.42 Å². The molecule has 9 heteroatoms. The van der Waals surface area contributed by atoms with Gasteiger partial charge < -0.3 is 15.1 Å². The minimum Gasteiger partial charge on any atom is -0.444 e. The van der Waals surface area contributed by atoms with Crippen LogP contribution in [0.15, 0.2) is 69.1 Å². The van der Waals surface area contributed by atoms with E-state index in [-0.39, 0.29) is 24.0 Å². The van der Waals surface area contributed by atoms with Gasteiger partial charge in [0.25, 0.3) is 0 Å². The fraction of sp³-hybridized carbons (Fsp3) is 0.273. The van der Waals surface area contributed by atoms with E-state index < -0.39 is 9.84 Å². The van der Waals surface area contributed by atoms with Crippen LogP contribution in [-0.2, 0) is 22.9 Å². The number of halogens is 1. The van der Waals surface area contributed by atoms with Crippen molar-refractivity contribution >= 4 is 39.8 Å². The summed E-state index contributed by atoms with van der Waals surface area (Å²) in [5, 5.41) is 6.43. The van der Waals surface area contributed by atoms with Crippen molar-refractivity contribution in [2.24, 2.45) is 4.99 Å². The molecule has 0 aliphatic rings. The van der Waals surface area contributed by atoms with E-state index in [0.717, 1.165) is 16.8 Å². The number of nitrogens with one attached hydrogen (secondary N) is 2. The lowest BCUT2D eigenvalue weighted by Crippen LogP contribution is -2.36. The van der Waals surface area contributed by atoms with Gasteiger partial charge in [0, 0.05) is 18.4 Å². The van der Waals surface area contributed by atoms with Gasteiger partial charge in [-0.05, 0) is 43.7 Å². The predicted molar refractivity (Wildman–Crippen MR) is 133 cm³/mol. The van der Waals surface area contributed by atoms with E-state index in [2.05, 4.69) is 20.6 Å². The van der Waals surface area contributed by atoms with Crippen LogP contribution < -0.4 is 10.6 Å². The molecule has 0 bridgehead atoms. The van der Waals surface area contributed by atoms with Crippen molar-refractivity contribution in [3.05, 3.63) is 71.6 Å². The maximum absolute atomic E-state index is 11.6. The van der Waals surface area contributed by atoms with Crippen molar-refractivity contribution in [3.8, 4) is 11.5 Å². The topological polar surface area (TPSA) is 96.6 Å². The summed E-state index contributed by atoms with van der Waals surface area (Å²) >= 11 is 0. The lowest BCUT2D eigenvalue weighted by Gasteiger charge is -2.10. The van der Waals surface area contributed by atoms with Crippen LogP contribution in [0.1, 0.15) is 23.7 Å². The first-order valence-electron chi connectivity index (χ1n) is 9.68. The van der Waals surface area contributed by atoms with Crippen molar-refractivity contribution in [1.29, 1.82) is 0 Å². The maximum Gasteiger partial charge on any atom is 0.226 e. The number of sulfone groups is 1.